The number of nitrogens with one attached hydrogen (secondary N) is 2. The van der Waals surface area contributed by atoms with E-state index in [1.807, 2.05) is 0 Å². The Morgan fingerprint density at radius 2 is 2.21 bits per heavy atom. The molecular formula is C16H21FN6O. The molecule has 1 aromatic heterocycles. The third-order valence-electron chi connectivity index (χ3n) is 4.32. The maximum Gasteiger partial charge on any atom is 0.224 e. The molecule has 0 radical (unpaired) electrons. The summed E-state index contributed by atoms with van der Waals surface area (Å²) in [7, 11) is 0. The smallest absolute Gasteiger partial charge is 0.224 e. The van der Waals surface area contributed by atoms with Gasteiger partial charge in [0.25, 0.3) is 0 Å². The van der Waals surface area contributed by atoms with Gasteiger partial charge in [-0.1, -0.05) is 0 Å². The minimum absolute atomic E-state index is 0.0560. The van der Waals surface area contributed by atoms with E-state index in [9.17, 15) is 9.18 Å². The fourth-order valence-electron chi connectivity index (χ4n) is 2.94. The van der Waals surface area contributed by atoms with E-state index >= 15 is 0 Å². The van der Waals surface area contributed by atoms with E-state index in [1.165, 1.54) is 10.7 Å². The number of halogens is 1. The number of carbonyl (C=O) groups is 1. The highest BCUT2D eigenvalue weighted by Crippen LogP contribution is 2.21. The van der Waals surface area contributed by atoms with Gasteiger partial charge in [0.1, 0.15) is 11.5 Å². The maximum absolute atomic E-state index is 14.0. The zero-order valence-corrected chi connectivity index (χ0v) is 13.6. The number of aromatic nitrogens is 4. The molecule has 1 aliphatic heterocycles. The summed E-state index contributed by atoms with van der Waals surface area (Å²) >= 11 is 0. The summed E-state index contributed by atoms with van der Waals surface area (Å²) in [6, 6.07) is 4.39. The molecular weight excluding hydrogens is 311 g/mol. The Morgan fingerprint density at radius 3 is 2.92 bits per heavy atom. The quantitative estimate of drug-likeness (QED) is 0.872. The Hall–Kier alpha value is -2.35. The SMILES string of the molecule is Cc1nnnn1-c1cc(NC(=O)CCC2CCNCC2)ccc1F. The van der Waals surface area contributed by atoms with Crippen molar-refractivity contribution in [3.8, 4) is 5.69 Å². The number of tetrazole rings is 1. The standard InChI is InChI=1S/C16H21FN6O/c1-11-20-21-22-23(11)15-10-13(3-4-14(15)17)19-16(24)5-2-12-6-8-18-9-7-12/h3-4,10,12,18H,2,5-9H2,1H3,(H,19,24). The predicted octanol–water partition coefficient (Wildman–Crippen LogP) is 1.83. The molecule has 7 nitrogen and oxygen atoms in total. The van der Waals surface area contributed by atoms with Crippen LogP contribution in [0.2, 0.25) is 0 Å². The Bertz CT molecular complexity index is 710. The van der Waals surface area contributed by atoms with E-state index in [0.29, 0.717) is 23.9 Å². The van der Waals surface area contributed by atoms with Crippen molar-refractivity contribution in [3.63, 3.8) is 0 Å². The van der Waals surface area contributed by atoms with Gasteiger partial charge < -0.3 is 10.6 Å². The lowest BCUT2D eigenvalue weighted by Gasteiger charge is -2.22. The van der Waals surface area contributed by atoms with Gasteiger partial charge in [0.05, 0.1) is 0 Å². The number of carbonyl (C=O) groups excluding carboxylic acids is 1. The number of aryl methyl sites for hydroxylation is 1. The first-order valence-electron chi connectivity index (χ1n) is 8.19. The van der Waals surface area contributed by atoms with Crippen LogP contribution in [0.15, 0.2) is 18.2 Å². The second-order valence-electron chi connectivity index (χ2n) is 6.08. The number of rotatable bonds is 5. The molecule has 2 heterocycles. The summed E-state index contributed by atoms with van der Waals surface area (Å²) in [5.41, 5.74) is 0.755. The van der Waals surface area contributed by atoms with Crippen molar-refractivity contribution in [2.75, 3.05) is 18.4 Å². The number of amides is 1. The fourth-order valence-corrected chi connectivity index (χ4v) is 2.94. The first-order chi connectivity index (χ1) is 11.6. The van der Waals surface area contributed by atoms with E-state index in [-0.39, 0.29) is 11.6 Å². The average Bonchev–Trinajstić information content (AvgIpc) is 3.01. The number of piperidine rings is 1. The van der Waals surface area contributed by atoms with Gasteiger partial charge in [-0.2, -0.15) is 4.68 Å². The molecule has 2 aromatic rings. The molecule has 0 saturated carbocycles. The fraction of sp³-hybridized carbons (Fsp3) is 0.500. The molecule has 0 aliphatic carbocycles. The second-order valence-corrected chi connectivity index (χ2v) is 6.08. The Balaban J connectivity index is 1.62. The van der Waals surface area contributed by atoms with Crippen molar-refractivity contribution < 1.29 is 9.18 Å². The maximum atomic E-state index is 14.0. The molecule has 1 fully saturated rings. The molecule has 1 aliphatic rings. The van der Waals surface area contributed by atoms with Gasteiger partial charge in [0.2, 0.25) is 5.91 Å². The number of benzene rings is 1. The van der Waals surface area contributed by atoms with Crippen LogP contribution in [0.3, 0.4) is 0 Å². The van der Waals surface area contributed by atoms with Crippen LogP contribution < -0.4 is 10.6 Å². The van der Waals surface area contributed by atoms with Crippen LogP contribution in [0.1, 0.15) is 31.5 Å². The zero-order valence-electron chi connectivity index (χ0n) is 13.6. The third kappa shape index (κ3) is 3.94. The van der Waals surface area contributed by atoms with Crippen LogP contribution in [0.4, 0.5) is 10.1 Å². The van der Waals surface area contributed by atoms with Gasteiger partial charge in [-0.3, -0.25) is 4.79 Å². The van der Waals surface area contributed by atoms with Crippen LogP contribution in [0.25, 0.3) is 5.69 Å². The van der Waals surface area contributed by atoms with Gasteiger partial charge in [-0.15, -0.1) is 5.10 Å². The van der Waals surface area contributed by atoms with E-state index in [4.69, 9.17) is 0 Å². The van der Waals surface area contributed by atoms with Crippen LogP contribution in [0, 0.1) is 18.7 Å². The molecule has 0 atom stereocenters. The van der Waals surface area contributed by atoms with Gasteiger partial charge >= 0.3 is 0 Å². The van der Waals surface area contributed by atoms with Gasteiger partial charge in [0.15, 0.2) is 5.82 Å². The molecule has 24 heavy (non-hydrogen) atoms. The number of anilines is 1. The molecule has 0 spiro atoms. The van der Waals surface area contributed by atoms with Gasteiger partial charge in [-0.25, -0.2) is 4.39 Å². The molecule has 1 aromatic carbocycles. The summed E-state index contributed by atoms with van der Waals surface area (Å²) in [4.78, 5) is 12.1. The van der Waals surface area contributed by atoms with Crippen molar-refractivity contribution in [1.29, 1.82) is 0 Å². The second kappa shape index (κ2) is 7.48. The topological polar surface area (TPSA) is 84.7 Å². The Labute approximate surface area is 139 Å². The van der Waals surface area contributed by atoms with E-state index in [1.54, 1.807) is 19.1 Å². The summed E-state index contributed by atoms with van der Waals surface area (Å²) in [6.45, 7) is 3.74. The lowest BCUT2D eigenvalue weighted by Crippen LogP contribution is -2.28. The lowest BCUT2D eigenvalue weighted by atomic mass is 9.93. The van der Waals surface area contributed by atoms with Crippen molar-refractivity contribution in [3.05, 3.63) is 29.8 Å². The van der Waals surface area contributed by atoms with Crippen molar-refractivity contribution in [2.45, 2.75) is 32.6 Å². The molecule has 2 N–H and O–H groups in total. The molecule has 0 bridgehead atoms. The van der Waals surface area contributed by atoms with E-state index in [2.05, 4.69) is 26.2 Å². The van der Waals surface area contributed by atoms with Crippen LogP contribution in [-0.4, -0.2) is 39.2 Å². The Morgan fingerprint density at radius 1 is 1.42 bits per heavy atom. The summed E-state index contributed by atoms with van der Waals surface area (Å²) < 4.78 is 15.3. The third-order valence-corrected chi connectivity index (χ3v) is 4.32. The summed E-state index contributed by atoms with van der Waals surface area (Å²) in [5, 5.41) is 17.2. The van der Waals surface area contributed by atoms with Gasteiger partial charge in [0, 0.05) is 12.1 Å². The first-order valence-corrected chi connectivity index (χ1v) is 8.19. The molecule has 0 unspecified atom stereocenters. The van der Waals surface area contributed by atoms with Crippen molar-refractivity contribution >= 4 is 11.6 Å². The Kier molecular flexibility index (Phi) is 5.14. The lowest BCUT2D eigenvalue weighted by molar-refractivity contribution is -0.116. The number of hydrogen-bond acceptors (Lipinski definition) is 5. The highest BCUT2D eigenvalue weighted by Gasteiger charge is 2.15. The monoisotopic (exact) mass is 332 g/mol. The summed E-state index contributed by atoms with van der Waals surface area (Å²) in [6.07, 6.45) is 3.59. The minimum Gasteiger partial charge on any atom is -0.326 e. The molecule has 3 rings (SSSR count). The molecule has 1 saturated heterocycles. The van der Waals surface area contributed by atoms with Crippen molar-refractivity contribution in [2.24, 2.45) is 5.92 Å². The van der Waals surface area contributed by atoms with Gasteiger partial charge in [-0.05, 0) is 73.8 Å². The first kappa shape index (κ1) is 16.5. The van der Waals surface area contributed by atoms with Crippen LogP contribution >= 0.6 is 0 Å². The largest absolute Gasteiger partial charge is 0.326 e. The average molecular weight is 332 g/mol. The molecule has 128 valence electrons. The molecule has 1 amide bonds. The zero-order chi connectivity index (χ0) is 16.9. The predicted molar refractivity (Wildman–Crippen MR) is 87.3 cm³/mol. The number of hydrogen-bond donors (Lipinski definition) is 2. The minimum atomic E-state index is -0.446. The van der Waals surface area contributed by atoms with Crippen LogP contribution in [0.5, 0.6) is 0 Å². The summed E-state index contributed by atoms with van der Waals surface area (Å²) in [5.74, 6) is 0.575. The van der Waals surface area contributed by atoms with Crippen molar-refractivity contribution in [1.82, 2.24) is 25.5 Å². The van der Waals surface area contributed by atoms with E-state index in [0.717, 1.165) is 32.4 Å². The highest BCUT2D eigenvalue weighted by atomic mass is 19.1. The highest BCUT2D eigenvalue weighted by molar-refractivity contribution is 5.90. The van der Waals surface area contributed by atoms with Crippen LogP contribution in [-0.2, 0) is 4.79 Å². The van der Waals surface area contributed by atoms with E-state index < -0.39 is 5.82 Å². The number of nitrogens with zero attached hydrogens (tertiary/aromatic N) is 4. The molecule has 8 heteroatoms. The normalized spacial score (nSPS) is 15.4.